The number of fused-ring (bicyclic) bond motifs is 1. The number of aromatic nitrogens is 3. The minimum absolute atomic E-state index is 0.0875. The Labute approximate surface area is 161 Å². The van der Waals surface area contributed by atoms with Crippen LogP contribution in [0.25, 0.3) is 0 Å². The smallest absolute Gasteiger partial charge is 0.273 e. The molecular formula is C19H20N4O5. The Morgan fingerprint density at radius 3 is 2.96 bits per heavy atom. The monoisotopic (exact) mass is 384 g/mol. The van der Waals surface area contributed by atoms with Gasteiger partial charge in [-0.2, -0.15) is 5.10 Å². The third-order valence-electron chi connectivity index (χ3n) is 4.58. The molecule has 1 N–H and O–H groups in total. The predicted octanol–water partition coefficient (Wildman–Crippen LogP) is 2.52. The quantitative estimate of drug-likeness (QED) is 0.697. The molecule has 3 heterocycles. The average molecular weight is 384 g/mol. The molecule has 28 heavy (non-hydrogen) atoms. The molecule has 1 aliphatic rings. The first-order valence-electron chi connectivity index (χ1n) is 8.77. The van der Waals surface area contributed by atoms with Gasteiger partial charge in [0.15, 0.2) is 23.8 Å². The van der Waals surface area contributed by atoms with Crippen LogP contribution in [-0.4, -0.2) is 27.5 Å². The van der Waals surface area contributed by atoms with Crippen LogP contribution < -0.4 is 19.5 Å². The van der Waals surface area contributed by atoms with Gasteiger partial charge in [0, 0.05) is 24.4 Å². The maximum atomic E-state index is 12.4. The topological polar surface area (TPSA) is 101 Å². The van der Waals surface area contributed by atoms with Gasteiger partial charge in [0.2, 0.25) is 12.7 Å². The number of amides is 1. The highest BCUT2D eigenvalue weighted by molar-refractivity contribution is 5.92. The fourth-order valence-corrected chi connectivity index (χ4v) is 2.88. The van der Waals surface area contributed by atoms with E-state index in [4.69, 9.17) is 18.6 Å². The number of hydrogen-bond acceptors (Lipinski definition) is 7. The molecule has 0 fully saturated rings. The van der Waals surface area contributed by atoms with Crippen LogP contribution in [0, 0.1) is 6.92 Å². The second-order valence-corrected chi connectivity index (χ2v) is 6.43. The summed E-state index contributed by atoms with van der Waals surface area (Å²) in [6, 6.07) is 5.07. The van der Waals surface area contributed by atoms with Crippen molar-refractivity contribution in [2.75, 3.05) is 6.79 Å². The Morgan fingerprint density at radius 2 is 2.18 bits per heavy atom. The van der Waals surface area contributed by atoms with Crippen LogP contribution in [0.2, 0.25) is 0 Å². The Kier molecular flexibility index (Phi) is 4.64. The van der Waals surface area contributed by atoms with Crippen molar-refractivity contribution in [1.29, 1.82) is 0 Å². The lowest BCUT2D eigenvalue weighted by Crippen LogP contribution is -2.27. The summed E-state index contributed by atoms with van der Waals surface area (Å²) in [5.41, 5.74) is 2.13. The van der Waals surface area contributed by atoms with Gasteiger partial charge in [0.25, 0.3) is 5.91 Å². The molecule has 0 unspecified atom stereocenters. The van der Waals surface area contributed by atoms with Crippen molar-refractivity contribution in [1.82, 2.24) is 20.1 Å². The molecule has 2 aromatic heterocycles. The van der Waals surface area contributed by atoms with E-state index in [0.717, 1.165) is 11.3 Å². The van der Waals surface area contributed by atoms with Crippen LogP contribution in [0.1, 0.15) is 40.6 Å². The molecule has 4 rings (SSSR count). The highest BCUT2D eigenvalue weighted by Crippen LogP contribution is 2.35. The maximum absolute atomic E-state index is 12.4. The summed E-state index contributed by atoms with van der Waals surface area (Å²) < 4.78 is 23.3. The van der Waals surface area contributed by atoms with Gasteiger partial charge in [-0.3, -0.25) is 9.48 Å². The Bertz CT molecular complexity index is 1010. The number of hydrogen-bond donors (Lipinski definition) is 1. The first-order valence-corrected chi connectivity index (χ1v) is 8.77. The van der Waals surface area contributed by atoms with Gasteiger partial charge in [0.05, 0.1) is 12.2 Å². The lowest BCUT2D eigenvalue weighted by molar-refractivity contribution is 0.0934. The van der Waals surface area contributed by atoms with E-state index in [-0.39, 0.29) is 31.0 Å². The lowest BCUT2D eigenvalue weighted by atomic mass is 10.1. The Balaban J connectivity index is 1.36. The van der Waals surface area contributed by atoms with Crippen molar-refractivity contribution in [3.05, 3.63) is 53.5 Å². The number of aryl methyl sites for hydroxylation is 1. The van der Waals surface area contributed by atoms with Crippen molar-refractivity contribution in [2.24, 2.45) is 7.05 Å². The van der Waals surface area contributed by atoms with Crippen LogP contribution in [0.3, 0.4) is 0 Å². The van der Waals surface area contributed by atoms with Gasteiger partial charge in [-0.15, -0.1) is 0 Å². The molecule has 0 spiro atoms. The second kappa shape index (κ2) is 7.26. The summed E-state index contributed by atoms with van der Waals surface area (Å²) in [5, 5.41) is 7.09. The minimum Gasteiger partial charge on any atom is -0.484 e. The number of ether oxygens (including phenoxy) is 3. The van der Waals surface area contributed by atoms with Crippen LogP contribution >= 0.6 is 0 Å². The molecule has 0 bridgehead atoms. The molecule has 1 aromatic carbocycles. The van der Waals surface area contributed by atoms with Crippen molar-refractivity contribution >= 4 is 5.91 Å². The minimum atomic E-state index is -0.325. The average Bonchev–Trinajstić information content (AvgIpc) is 3.40. The molecule has 3 aromatic rings. The molecule has 0 radical (unpaired) electrons. The predicted molar refractivity (Wildman–Crippen MR) is 97.2 cm³/mol. The summed E-state index contributed by atoms with van der Waals surface area (Å²) in [4.78, 5) is 16.6. The number of oxazole rings is 1. The molecule has 1 atom stereocenters. The van der Waals surface area contributed by atoms with E-state index in [1.54, 1.807) is 29.1 Å². The number of rotatable bonds is 6. The standard InChI is InChI=1S/C19H20N4O5/c1-11(14-7-20-23(3)12(14)2)21-19(24)15-8-26-18(22-15)9-25-13-4-5-16-17(6-13)28-10-27-16/h4-8,11H,9-10H2,1-3H3,(H,21,24)/t11-/m0/s1. The highest BCUT2D eigenvalue weighted by atomic mass is 16.7. The van der Waals surface area contributed by atoms with Crippen LogP contribution in [-0.2, 0) is 13.7 Å². The van der Waals surface area contributed by atoms with Crippen molar-refractivity contribution in [2.45, 2.75) is 26.5 Å². The fourth-order valence-electron chi connectivity index (χ4n) is 2.88. The van der Waals surface area contributed by atoms with E-state index in [2.05, 4.69) is 15.4 Å². The van der Waals surface area contributed by atoms with E-state index in [0.29, 0.717) is 23.1 Å². The van der Waals surface area contributed by atoms with Gasteiger partial charge in [-0.1, -0.05) is 0 Å². The van der Waals surface area contributed by atoms with Crippen LogP contribution in [0.15, 0.2) is 35.1 Å². The normalized spacial score (nSPS) is 13.4. The Hall–Kier alpha value is -3.49. The lowest BCUT2D eigenvalue weighted by Gasteiger charge is -2.12. The molecular weight excluding hydrogens is 364 g/mol. The largest absolute Gasteiger partial charge is 0.484 e. The molecule has 0 aliphatic carbocycles. The number of nitrogens with zero attached hydrogens (tertiary/aromatic N) is 3. The molecule has 9 heteroatoms. The van der Waals surface area contributed by atoms with Gasteiger partial charge in [0.1, 0.15) is 12.0 Å². The zero-order valence-corrected chi connectivity index (χ0v) is 15.8. The van der Waals surface area contributed by atoms with Crippen molar-refractivity contribution in [3.8, 4) is 17.2 Å². The number of carbonyl (C=O) groups excluding carboxylic acids is 1. The van der Waals surface area contributed by atoms with E-state index in [1.807, 2.05) is 20.9 Å². The first-order chi connectivity index (χ1) is 13.5. The maximum Gasteiger partial charge on any atom is 0.273 e. The molecule has 0 saturated heterocycles. The first kappa shape index (κ1) is 17.9. The summed E-state index contributed by atoms with van der Waals surface area (Å²) in [7, 11) is 1.86. The zero-order chi connectivity index (χ0) is 19.7. The third-order valence-corrected chi connectivity index (χ3v) is 4.58. The van der Waals surface area contributed by atoms with E-state index >= 15 is 0 Å². The molecule has 146 valence electrons. The van der Waals surface area contributed by atoms with Crippen LogP contribution in [0.4, 0.5) is 0 Å². The summed E-state index contributed by atoms with van der Waals surface area (Å²) >= 11 is 0. The summed E-state index contributed by atoms with van der Waals surface area (Å²) in [6.07, 6.45) is 3.06. The number of carbonyl (C=O) groups is 1. The van der Waals surface area contributed by atoms with Crippen molar-refractivity contribution in [3.63, 3.8) is 0 Å². The van der Waals surface area contributed by atoms with E-state index in [9.17, 15) is 4.79 Å². The Morgan fingerprint density at radius 1 is 1.36 bits per heavy atom. The summed E-state index contributed by atoms with van der Waals surface area (Å²) in [5.74, 6) is 1.88. The van der Waals surface area contributed by atoms with Gasteiger partial charge in [-0.25, -0.2) is 4.98 Å². The number of benzene rings is 1. The van der Waals surface area contributed by atoms with Gasteiger partial charge >= 0.3 is 0 Å². The van der Waals surface area contributed by atoms with Crippen molar-refractivity contribution < 1.29 is 23.4 Å². The van der Waals surface area contributed by atoms with Gasteiger partial charge in [-0.05, 0) is 26.0 Å². The van der Waals surface area contributed by atoms with Crippen LogP contribution in [0.5, 0.6) is 17.2 Å². The fraction of sp³-hybridized carbons (Fsp3) is 0.316. The zero-order valence-electron chi connectivity index (χ0n) is 15.8. The highest BCUT2D eigenvalue weighted by Gasteiger charge is 2.19. The number of nitrogens with one attached hydrogen (secondary N) is 1. The van der Waals surface area contributed by atoms with E-state index < -0.39 is 0 Å². The molecule has 1 aliphatic heterocycles. The van der Waals surface area contributed by atoms with E-state index in [1.165, 1.54) is 6.26 Å². The third kappa shape index (κ3) is 3.51. The molecule has 1 amide bonds. The SMILES string of the molecule is Cc1c([C@H](C)NC(=O)c2coc(COc3ccc4c(c3)OCO4)n2)cnn1C. The molecule has 0 saturated carbocycles. The van der Waals surface area contributed by atoms with Gasteiger partial charge < -0.3 is 23.9 Å². The summed E-state index contributed by atoms with van der Waals surface area (Å²) in [6.45, 7) is 4.14. The second-order valence-electron chi connectivity index (χ2n) is 6.43. The molecule has 9 nitrogen and oxygen atoms in total.